The summed E-state index contributed by atoms with van der Waals surface area (Å²) in [6.07, 6.45) is 5.85. The zero-order valence-electron chi connectivity index (χ0n) is 15.5. The number of aromatic nitrogens is 1. The van der Waals surface area contributed by atoms with E-state index in [0.29, 0.717) is 12.2 Å². The van der Waals surface area contributed by atoms with Crippen LogP contribution in [0.15, 0.2) is 36.7 Å². The van der Waals surface area contributed by atoms with E-state index >= 15 is 0 Å². The fourth-order valence-electron chi connectivity index (χ4n) is 3.27. The van der Waals surface area contributed by atoms with Crippen LogP contribution in [-0.4, -0.2) is 28.2 Å². The molecule has 0 saturated heterocycles. The van der Waals surface area contributed by atoms with Crippen LogP contribution in [0, 0.1) is 0 Å². The molecule has 2 unspecified atom stereocenters. The van der Waals surface area contributed by atoms with E-state index in [0.717, 1.165) is 35.2 Å². The van der Waals surface area contributed by atoms with E-state index < -0.39 is 11.4 Å². The lowest BCUT2D eigenvalue weighted by Crippen LogP contribution is -2.31. The van der Waals surface area contributed by atoms with Gasteiger partial charge in [-0.05, 0) is 54.7 Å². The summed E-state index contributed by atoms with van der Waals surface area (Å²) in [5.74, 6) is 0.746. The van der Waals surface area contributed by atoms with Crippen molar-refractivity contribution in [2.24, 2.45) is 0 Å². The van der Waals surface area contributed by atoms with Gasteiger partial charge in [-0.1, -0.05) is 13.0 Å². The van der Waals surface area contributed by atoms with Crippen LogP contribution < -0.4 is 9.62 Å². The lowest BCUT2D eigenvalue weighted by atomic mass is 9.95. The van der Waals surface area contributed by atoms with E-state index in [2.05, 4.69) is 28.8 Å². The Hall–Kier alpha value is -1.89. The monoisotopic (exact) mass is 371 g/mol. The predicted molar refractivity (Wildman–Crippen MR) is 106 cm³/mol. The molecule has 138 valence electrons. The number of nitrogens with one attached hydrogen (secondary N) is 1. The number of fused-ring (bicyclic) bond motifs is 1. The second kappa shape index (κ2) is 8.20. The zero-order valence-corrected chi connectivity index (χ0v) is 16.3. The van der Waals surface area contributed by atoms with Crippen molar-refractivity contribution in [2.75, 3.05) is 17.7 Å². The molecule has 1 N–H and O–H groups in total. The van der Waals surface area contributed by atoms with Gasteiger partial charge in [-0.25, -0.2) is 0 Å². The molecule has 1 amide bonds. The molecule has 0 spiro atoms. The molecule has 26 heavy (non-hydrogen) atoms. The van der Waals surface area contributed by atoms with Crippen molar-refractivity contribution in [3.63, 3.8) is 0 Å². The molecule has 2 aromatic rings. The number of benzene rings is 1. The number of anilines is 1. The van der Waals surface area contributed by atoms with Gasteiger partial charge >= 0.3 is 0 Å². The molecule has 0 bridgehead atoms. The van der Waals surface area contributed by atoms with Gasteiger partial charge in [0.05, 0.1) is 6.04 Å². The highest BCUT2D eigenvalue weighted by Gasteiger charge is 2.21. The lowest BCUT2D eigenvalue weighted by Gasteiger charge is -2.26. The average molecular weight is 372 g/mol. The van der Waals surface area contributed by atoms with Gasteiger partial charge in [-0.3, -0.25) is 9.78 Å². The standard InChI is InChI=1S/C20H25N3O2S/c1-4-18(22-26(25)5-2)17-11-16(12-21-13-17)14-6-8-19-15(10-14)7-9-20(24)23(19)3/h6,8,10-13,18,22H,4-5,7,9H2,1-3H3. The van der Waals surface area contributed by atoms with Gasteiger partial charge in [0, 0.05) is 48.5 Å². The summed E-state index contributed by atoms with van der Waals surface area (Å²) in [4.78, 5) is 18.0. The van der Waals surface area contributed by atoms with Crippen LogP contribution >= 0.6 is 0 Å². The summed E-state index contributed by atoms with van der Waals surface area (Å²) >= 11 is -1.03. The fourth-order valence-corrected chi connectivity index (χ4v) is 4.06. The van der Waals surface area contributed by atoms with Gasteiger partial charge in [0.2, 0.25) is 5.91 Å². The Morgan fingerprint density at radius 3 is 2.77 bits per heavy atom. The van der Waals surface area contributed by atoms with E-state index in [4.69, 9.17) is 0 Å². The molecule has 0 saturated carbocycles. The van der Waals surface area contributed by atoms with E-state index in [1.807, 2.05) is 38.5 Å². The second-order valence-electron chi connectivity index (χ2n) is 6.52. The van der Waals surface area contributed by atoms with Crippen LogP contribution in [-0.2, 0) is 22.6 Å². The first-order valence-electron chi connectivity index (χ1n) is 9.02. The minimum atomic E-state index is -1.03. The van der Waals surface area contributed by atoms with Gasteiger partial charge in [0.25, 0.3) is 0 Å². The molecule has 2 atom stereocenters. The summed E-state index contributed by atoms with van der Waals surface area (Å²) in [6, 6.07) is 8.33. The zero-order chi connectivity index (χ0) is 18.7. The van der Waals surface area contributed by atoms with E-state index in [-0.39, 0.29) is 11.9 Å². The Balaban J connectivity index is 1.90. The van der Waals surface area contributed by atoms with Crippen LogP contribution in [0.25, 0.3) is 11.1 Å². The van der Waals surface area contributed by atoms with Crippen LogP contribution in [0.5, 0.6) is 0 Å². The van der Waals surface area contributed by atoms with Gasteiger partial charge in [-0.2, -0.15) is 0 Å². The third-order valence-electron chi connectivity index (χ3n) is 4.86. The number of amides is 1. The molecule has 2 heterocycles. The molecule has 1 aliphatic rings. The maximum Gasteiger partial charge on any atom is 0.227 e. The van der Waals surface area contributed by atoms with Crippen LogP contribution in [0.3, 0.4) is 0 Å². The largest absolute Gasteiger partial charge is 0.598 e. The Bertz CT molecular complexity index is 796. The molecule has 0 aliphatic carbocycles. The SMILES string of the molecule is CCC(N[S+]([O-])CC)c1cncc(-c2ccc3c(c2)CCC(=O)N3C)c1. The van der Waals surface area contributed by atoms with Crippen molar-refractivity contribution in [3.8, 4) is 11.1 Å². The lowest BCUT2D eigenvalue weighted by molar-refractivity contribution is -0.118. The number of hydrogen-bond acceptors (Lipinski definition) is 4. The maximum absolute atomic E-state index is 11.9. The first kappa shape index (κ1) is 18.9. The number of aryl methyl sites for hydroxylation is 1. The van der Waals surface area contributed by atoms with Crippen molar-refractivity contribution < 1.29 is 9.35 Å². The molecule has 1 aromatic carbocycles. The third kappa shape index (κ3) is 3.92. The van der Waals surface area contributed by atoms with Gasteiger partial charge < -0.3 is 9.45 Å². The molecule has 0 radical (unpaired) electrons. The summed E-state index contributed by atoms with van der Waals surface area (Å²) in [6.45, 7) is 3.97. The number of pyridine rings is 1. The smallest absolute Gasteiger partial charge is 0.227 e. The molecular weight excluding hydrogens is 346 g/mol. The van der Waals surface area contributed by atoms with Crippen LogP contribution in [0.2, 0.25) is 0 Å². The molecule has 0 fully saturated rings. The average Bonchev–Trinajstić information content (AvgIpc) is 2.68. The topological polar surface area (TPSA) is 68.3 Å². The van der Waals surface area contributed by atoms with Crippen molar-refractivity contribution in [3.05, 3.63) is 47.8 Å². The highest BCUT2D eigenvalue weighted by molar-refractivity contribution is 7.89. The van der Waals surface area contributed by atoms with Crippen molar-refractivity contribution in [1.82, 2.24) is 9.71 Å². The number of rotatable bonds is 6. The third-order valence-corrected chi connectivity index (χ3v) is 5.93. The van der Waals surface area contributed by atoms with Crippen LogP contribution in [0.1, 0.15) is 43.9 Å². The summed E-state index contributed by atoms with van der Waals surface area (Å²) in [5.41, 5.74) is 5.34. The second-order valence-corrected chi connectivity index (χ2v) is 8.02. The molecule has 6 heteroatoms. The highest BCUT2D eigenvalue weighted by Crippen LogP contribution is 2.32. The van der Waals surface area contributed by atoms with Crippen molar-refractivity contribution in [2.45, 2.75) is 39.2 Å². The maximum atomic E-state index is 11.9. The first-order valence-corrected chi connectivity index (χ1v) is 10.3. The Morgan fingerprint density at radius 2 is 2.04 bits per heavy atom. The number of carbonyl (C=O) groups is 1. The van der Waals surface area contributed by atoms with E-state index in [9.17, 15) is 9.35 Å². The molecule has 1 aromatic heterocycles. The predicted octanol–water partition coefficient (Wildman–Crippen LogP) is 3.38. The summed E-state index contributed by atoms with van der Waals surface area (Å²) in [7, 11) is 1.83. The molecule has 3 rings (SSSR count). The van der Waals surface area contributed by atoms with Crippen molar-refractivity contribution in [1.29, 1.82) is 0 Å². The van der Waals surface area contributed by atoms with Crippen molar-refractivity contribution >= 4 is 23.0 Å². The van der Waals surface area contributed by atoms with E-state index in [1.54, 1.807) is 4.90 Å². The number of nitrogens with zero attached hydrogens (tertiary/aromatic N) is 2. The summed E-state index contributed by atoms with van der Waals surface area (Å²) in [5, 5.41) is 0. The van der Waals surface area contributed by atoms with Gasteiger partial charge in [0.15, 0.2) is 0 Å². The normalized spacial score (nSPS) is 16.3. The molecule has 1 aliphatic heterocycles. The quantitative estimate of drug-likeness (QED) is 0.791. The fraction of sp³-hybridized carbons (Fsp3) is 0.400. The number of carbonyl (C=O) groups excluding carboxylic acids is 1. The van der Waals surface area contributed by atoms with Gasteiger partial charge in [0.1, 0.15) is 5.75 Å². The minimum absolute atomic E-state index is 0.0182. The Morgan fingerprint density at radius 1 is 1.23 bits per heavy atom. The highest BCUT2D eigenvalue weighted by atomic mass is 32.2. The van der Waals surface area contributed by atoms with E-state index in [1.165, 1.54) is 5.56 Å². The number of hydrogen-bond donors (Lipinski definition) is 1. The first-order chi connectivity index (χ1) is 12.5. The Labute approximate surface area is 158 Å². The minimum Gasteiger partial charge on any atom is -0.598 e. The van der Waals surface area contributed by atoms with Gasteiger partial charge in [-0.15, -0.1) is 4.72 Å². The molecule has 5 nitrogen and oxygen atoms in total. The Kier molecular flexibility index (Phi) is 5.96. The molecular formula is C20H25N3O2S. The van der Waals surface area contributed by atoms with Crippen LogP contribution in [0.4, 0.5) is 5.69 Å². The summed E-state index contributed by atoms with van der Waals surface area (Å²) < 4.78 is 15.0.